The Kier molecular flexibility index (Phi) is 5.67. The monoisotopic (exact) mass is 493 g/mol. The number of carbonyl (C=O) groups excluding carboxylic acids is 1. The van der Waals surface area contributed by atoms with Crippen molar-refractivity contribution in [3.05, 3.63) is 77.0 Å². The van der Waals surface area contributed by atoms with Gasteiger partial charge in [-0.1, -0.05) is 24.8 Å². The van der Waals surface area contributed by atoms with Crippen molar-refractivity contribution in [2.75, 3.05) is 18.1 Å². The number of hydrogen-bond donors (Lipinski definition) is 2. The predicted octanol–water partition coefficient (Wildman–Crippen LogP) is 3.70. The van der Waals surface area contributed by atoms with E-state index in [2.05, 4.69) is 16.8 Å². The van der Waals surface area contributed by atoms with Gasteiger partial charge in [0.15, 0.2) is 9.84 Å². The fourth-order valence-electron chi connectivity index (χ4n) is 4.96. The molecule has 9 heteroatoms. The minimum Gasteiger partial charge on any atom is -0.507 e. The third-order valence-electron chi connectivity index (χ3n) is 6.84. The summed E-state index contributed by atoms with van der Waals surface area (Å²) in [5, 5.41) is 18.0. The molecule has 1 saturated heterocycles. The van der Waals surface area contributed by atoms with Gasteiger partial charge in [0.2, 0.25) is 0 Å². The molecule has 2 atom stereocenters. The molecule has 3 aromatic rings. The Morgan fingerprint density at radius 3 is 2.60 bits per heavy atom. The zero-order valence-corrected chi connectivity index (χ0v) is 20.4. The first-order valence-electron chi connectivity index (χ1n) is 11.5. The lowest BCUT2D eigenvalue weighted by Gasteiger charge is -2.31. The summed E-state index contributed by atoms with van der Waals surface area (Å²) in [6.45, 7) is 7.89. The number of aromatic amines is 1. The first-order chi connectivity index (χ1) is 16.7. The maximum absolute atomic E-state index is 13.6. The number of benzene rings is 2. The van der Waals surface area contributed by atoms with Crippen LogP contribution in [0.1, 0.15) is 45.2 Å². The number of nitrogens with one attached hydrogen (secondary N) is 1. The minimum atomic E-state index is -3.22. The second kappa shape index (κ2) is 8.57. The van der Waals surface area contributed by atoms with Crippen LogP contribution in [0, 0.1) is 13.8 Å². The van der Waals surface area contributed by atoms with Crippen LogP contribution >= 0.6 is 0 Å². The number of phenolic OH excluding ortho intramolecular Hbond substituents is 1. The maximum atomic E-state index is 13.6. The third kappa shape index (κ3) is 3.99. The van der Waals surface area contributed by atoms with Crippen LogP contribution in [0.25, 0.3) is 11.3 Å². The Balaban J connectivity index is 1.65. The van der Waals surface area contributed by atoms with Gasteiger partial charge in [-0.15, -0.1) is 0 Å². The summed E-state index contributed by atoms with van der Waals surface area (Å²) in [6, 6.07) is 9.92. The van der Waals surface area contributed by atoms with E-state index in [0.29, 0.717) is 41.3 Å². The highest BCUT2D eigenvalue weighted by atomic mass is 32.2. The van der Waals surface area contributed by atoms with Crippen molar-refractivity contribution in [2.24, 2.45) is 0 Å². The van der Waals surface area contributed by atoms with E-state index in [1.54, 1.807) is 17.0 Å². The van der Waals surface area contributed by atoms with Crippen LogP contribution in [0.4, 0.5) is 0 Å². The van der Waals surface area contributed by atoms with Crippen molar-refractivity contribution >= 4 is 15.7 Å². The zero-order valence-electron chi connectivity index (χ0n) is 19.6. The van der Waals surface area contributed by atoms with Crippen LogP contribution in [0.3, 0.4) is 0 Å². The lowest BCUT2D eigenvalue weighted by atomic mass is 9.93. The smallest absolute Gasteiger partial charge is 0.273 e. The Morgan fingerprint density at radius 2 is 1.94 bits per heavy atom. The summed E-state index contributed by atoms with van der Waals surface area (Å²) in [5.41, 5.74) is 4.69. The maximum Gasteiger partial charge on any atom is 0.273 e. The van der Waals surface area contributed by atoms with E-state index in [1.165, 1.54) is 0 Å². The number of nitrogens with zero attached hydrogens (tertiary/aromatic N) is 2. The van der Waals surface area contributed by atoms with E-state index >= 15 is 0 Å². The molecule has 2 N–H and O–H groups in total. The fraction of sp³-hybridized carbons (Fsp3) is 0.308. The molecule has 5 rings (SSSR count). The number of phenols is 1. The number of aromatic nitrogens is 2. The van der Waals surface area contributed by atoms with Crippen molar-refractivity contribution in [1.29, 1.82) is 0 Å². The minimum absolute atomic E-state index is 0.0550. The molecule has 2 aromatic carbocycles. The molecule has 2 aliphatic rings. The summed E-state index contributed by atoms with van der Waals surface area (Å²) < 4.78 is 30.2. The SMILES string of the molecule is C=CCOc1ccc(C2c3c(-c4cc(C)c(C)cc4O)n[nH]c3C(=O)N2C2CCS(=O)(=O)C2)cc1. The van der Waals surface area contributed by atoms with Crippen LogP contribution in [0.15, 0.2) is 49.1 Å². The summed E-state index contributed by atoms with van der Waals surface area (Å²) in [4.78, 5) is 15.3. The number of H-pyrrole nitrogens is 1. The van der Waals surface area contributed by atoms with E-state index in [-0.39, 0.29) is 23.2 Å². The molecule has 1 fully saturated rings. The Labute approximate surface area is 204 Å². The molecule has 0 bridgehead atoms. The molecule has 3 heterocycles. The molecule has 35 heavy (non-hydrogen) atoms. The summed E-state index contributed by atoms with van der Waals surface area (Å²) in [7, 11) is -3.22. The number of fused-ring (bicyclic) bond motifs is 1. The van der Waals surface area contributed by atoms with Crippen LogP contribution in [-0.2, 0) is 9.84 Å². The van der Waals surface area contributed by atoms with E-state index in [4.69, 9.17) is 4.74 Å². The average Bonchev–Trinajstić information content (AvgIpc) is 3.48. The number of sulfone groups is 1. The van der Waals surface area contributed by atoms with Crippen LogP contribution in [-0.4, -0.2) is 58.7 Å². The van der Waals surface area contributed by atoms with Crippen molar-refractivity contribution in [3.8, 4) is 22.8 Å². The highest BCUT2D eigenvalue weighted by molar-refractivity contribution is 7.91. The first kappa shape index (κ1) is 23.2. The molecule has 1 aromatic heterocycles. The molecule has 2 unspecified atom stereocenters. The largest absolute Gasteiger partial charge is 0.507 e. The van der Waals surface area contributed by atoms with Crippen molar-refractivity contribution in [1.82, 2.24) is 15.1 Å². The van der Waals surface area contributed by atoms with Gasteiger partial charge in [-0.25, -0.2) is 8.42 Å². The molecule has 0 spiro atoms. The number of aryl methyl sites for hydroxylation is 2. The van der Waals surface area contributed by atoms with Crippen molar-refractivity contribution in [3.63, 3.8) is 0 Å². The molecule has 0 radical (unpaired) electrons. The van der Waals surface area contributed by atoms with Crippen LogP contribution < -0.4 is 4.74 Å². The molecule has 182 valence electrons. The number of amides is 1. The molecule has 0 saturated carbocycles. The molecule has 2 aliphatic heterocycles. The van der Waals surface area contributed by atoms with Crippen LogP contribution in [0.5, 0.6) is 11.5 Å². The van der Waals surface area contributed by atoms with Gasteiger partial charge in [-0.3, -0.25) is 9.89 Å². The van der Waals surface area contributed by atoms with E-state index < -0.39 is 21.9 Å². The van der Waals surface area contributed by atoms with Crippen molar-refractivity contribution in [2.45, 2.75) is 32.4 Å². The van der Waals surface area contributed by atoms with Gasteiger partial charge >= 0.3 is 0 Å². The highest BCUT2D eigenvalue weighted by Crippen LogP contribution is 2.47. The number of carbonyl (C=O) groups is 1. The molecular weight excluding hydrogens is 466 g/mol. The zero-order chi connectivity index (χ0) is 24.9. The summed E-state index contributed by atoms with van der Waals surface area (Å²) in [6.07, 6.45) is 2.04. The summed E-state index contributed by atoms with van der Waals surface area (Å²) in [5.74, 6) is 0.425. The van der Waals surface area contributed by atoms with Gasteiger partial charge < -0.3 is 14.7 Å². The number of rotatable bonds is 6. The molecule has 1 amide bonds. The van der Waals surface area contributed by atoms with Crippen molar-refractivity contribution < 1.29 is 23.1 Å². The summed E-state index contributed by atoms with van der Waals surface area (Å²) >= 11 is 0. The second-order valence-corrected chi connectivity index (χ2v) is 11.4. The van der Waals surface area contributed by atoms with Gasteiger partial charge in [0, 0.05) is 17.2 Å². The Bertz CT molecular complexity index is 1430. The van der Waals surface area contributed by atoms with Gasteiger partial charge in [0.1, 0.15) is 29.5 Å². The number of aromatic hydroxyl groups is 1. The second-order valence-electron chi connectivity index (χ2n) is 9.16. The van der Waals surface area contributed by atoms with Gasteiger partial charge in [-0.2, -0.15) is 5.10 Å². The molecular formula is C26H27N3O5S. The number of hydrogen-bond acceptors (Lipinski definition) is 6. The first-order valence-corrected chi connectivity index (χ1v) is 13.3. The van der Waals surface area contributed by atoms with Gasteiger partial charge in [0.05, 0.1) is 17.5 Å². The Morgan fingerprint density at radius 1 is 1.23 bits per heavy atom. The van der Waals surface area contributed by atoms with E-state index in [0.717, 1.165) is 16.7 Å². The third-order valence-corrected chi connectivity index (χ3v) is 8.59. The van der Waals surface area contributed by atoms with Gasteiger partial charge in [-0.05, 0) is 61.2 Å². The predicted molar refractivity (Wildman–Crippen MR) is 132 cm³/mol. The van der Waals surface area contributed by atoms with Crippen LogP contribution in [0.2, 0.25) is 0 Å². The quantitative estimate of drug-likeness (QED) is 0.507. The fourth-order valence-corrected chi connectivity index (χ4v) is 6.67. The Hall–Kier alpha value is -3.59. The highest BCUT2D eigenvalue weighted by Gasteiger charge is 2.48. The average molecular weight is 494 g/mol. The van der Waals surface area contributed by atoms with E-state index in [9.17, 15) is 18.3 Å². The van der Waals surface area contributed by atoms with Gasteiger partial charge in [0.25, 0.3) is 5.91 Å². The molecule has 0 aliphatic carbocycles. The van der Waals surface area contributed by atoms with E-state index in [1.807, 2.05) is 44.2 Å². The lowest BCUT2D eigenvalue weighted by molar-refractivity contribution is 0.0677. The topological polar surface area (TPSA) is 113 Å². The lowest BCUT2D eigenvalue weighted by Crippen LogP contribution is -2.40. The normalized spacial score (nSPS) is 20.7. The molecule has 8 nitrogen and oxygen atoms in total. The number of ether oxygens (including phenoxy) is 1. The standard InChI is InChI=1S/C26H27N3O5S/c1-4-10-34-19-7-5-17(6-8-19)25-22-23(20-12-15(2)16(3)13-21(20)30)27-28-24(22)26(31)29(25)18-9-11-35(32,33)14-18/h4-8,12-13,18,25,30H,1,9-11,14H2,2-3H3,(H,27,28).